The van der Waals surface area contributed by atoms with Gasteiger partial charge in [-0.05, 0) is 34.1 Å². The molecule has 4 atom stereocenters. The fourth-order valence-corrected chi connectivity index (χ4v) is 4.50. The molecule has 0 aromatic heterocycles. The van der Waals surface area contributed by atoms with Gasteiger partial charge in [-0.1, -0.05) is 13.8 Å². The molecule has 0 bridgehead atoms. The second-order valence-corrected chi connectivity index (χ2v) is 10.4. The van der Waals surface area contributed by atoms with Crippen molar-refractivity contribution in [2.24, 2.45) is 16.3 Å². The van der Waals surface area contributed by atoms with Crippen molar-refractivity contribution in [2.45, 2.75) is 64.9 Å². The van der Waals surface area contributed by atoms with Crippen molar-refractivity contribution in [1.82, 2.24) is 10.6 Å². The van der Waals surface area contributed by atoms with Gasteiger partial charge in [-0.25, -0.2) is 0 Å². The summed E-state index contributed by atoms with van der Waals surface area (Å²) < 4.78 is 17.8. The highest BCUT2D eigenvalue weighted by Gasteiger charge is 2.59. The maximum absolute atomic E-state index is 12.1. The summed E-state index contributed by atoms with van der Waals surface area (Å²) in [7, 11) is -0.860. The van der Waals surface area contributed by atoms with Gasteiger partial charge in [0.05, 0.1) is 12.6 Å². The number of aliphatic imine (C=N–C) groups is 1. The lowest BCUT2D eigenvalue weighted by atomic mass is 9.57. The van der Waals surface area contributed by atoms with E-state index in [4.69, 9.17) is 4.74 Å². The molecule has 1 heterocycles. The van der Waals surface area contributed by atoms with E-state index in [1.807, 2.05) is 20.8 Å². The normalized spacial score (nSPS) is 29.9. The van der Waals surface area contributed by atoms with E-state index in [2.05, 4.69) is 36.4 Å². The topological polar surface area (TPSA) is 62.7 Å². The summed E-state index contributed by atoms with van der Waals surface area (Å²) in [5.41, 5.74) is 0.131. The van der Waals surface area contributed by atoms with Crippen molar-refractivity contribution >= 4 is 40.7 Å². The molecule has 2 aliphatic rings. The van der Waals surface area contributed by atoms with E-state index in [9.17, 15) is 4.21 Å². The Labute approximate surface area is 166 Å². The first-order chi connectivity index (χ1) is 10.7. The number of halogens is 1. The van der Waals surface area contributed by atoms with Gasteiger partial charge in [0.25, 0.3) is 0 Å². The van der Waals surface area contributed by atoms with E-state index in [-0.39, 0.29) is 34.1 Å². The number of nitrogens with one attached hydrogen (secondary N) is 2. The maximum atomic E-state index is 12.1. The van der Waals surface area contributed by atoms with Crippen LogP contribution in [-0.4, -0.2) is 52.5 Å². The Morgan fingerprint density at radius 2 is 2.04 bits per heavy atom. The van der Waals surface area contributed by atoms with Crippen LogP contribution in [0, 0.1) is 11.3 Å². The van der Waals surface area contributed by atoms with E-state index in [0.717, 1.165) is 25.5 Å². The summed E-state index contributed by atoms with van der Waals surface area (Å²) >= 11 is 0. The standard InChI is InChI=1S/C17H33N3O2S.HI/c1-7-18-15(19-9-11-23(21)16(2,3)4)20-13-12-8-10-22-14(12)17(13,5)6;/h12-14H,7-11H2,1-6H3,(H2,18,19,20);1H. The van der Waals surface area contributed by atoms with Gasteiger partial charge in [0.15, 0.2) is 5.96 Å². The van der Waals surface area contributed by atoms with Gasteiger partial charge in [0.2, 0.25) is 0 Å². The van der Waals surface area contributed by atoms with Crippen molar-refractivity contribution in [1.29, 1.82) is 0 Å². The molecule has 0 spiro atoms. The molecule has 2 rings (SSSR count). The highest BCUT2D eigenvalue weighted by atomic mass is 127. The Kier molecular flexibility index (Phi) is 8.00. The lowest BCUT2D eigenvalue weighted by Crippen LogP contribution is -2.68. The van der Waals surface area contributed by atoms with Crippen LogP contribution in [0.1, 0.15) is 48.0 Å². The zero-order chi connectivity index (χ0) is 17.3. The largest absolute Gasteiger partial charge is 0.377 e. The molecule has 2 fully saturated rings. The molecule has 1 saturated carbocycles. The number of nitrogens with zero attached hydrogens (tertiary/aromatic N) is 1. The van der Waals surface area contributed by atoms with E-state index >= 15 is 0 Å². The van der Waals surface area contributed by atoms with Crippen molar-refractivity contribution in [3.05, 3.63) is 0 Å². The Balaban J connectivity index is 0.00000288. The Bertz CT molecular complexity index is 477. The van der Waals surface area contributed by atoms with Crippen LogP contribution in [0.2, 0.25) is 0 Å². The van der Waals surface area contributed by atoms with Gasteiger partial charge >= 0.3 is 0 Å². The zero-order valence-electron chi connectivity index (χ0n) is 15.8. The number of guanidine groups is 1. The first kappa shape index (κ1) is 22.2. The fraction of sp³-hybridized carbons (Fsp3) is 0.941. The summed E-state index contributed by atoms with van der Waals surface area (Å²) in [6.45, 7) is 14.9. The lowest BCUT2D eigenvalue weighted by molar-refractivity contribution is -0.106. The van der Waals surface area contributed by atoms with Gasteiger partial charge in [-0.15, -0.1) is 24.0 Å². The molecule has 1 saturated heterocycles. The highest BCUT2D eigenvalue weighted by Crippen LogP contribution is 2.52. The zero-order valence-corrected chi connectivity index (χ0v) is 19.0. The van der Waals surface area contributed by atoms with Crippen LogP contribution in [0.5, 0.6) is 0 Å². The molecule has 0 aromatic rings. The summed E-state index contributed by atoms with van der Waals surface area (Å²) in [5.74, 6) is 2.02. The maximum Gasteiger partial charge on any atom is 0.191 e. The van der Waals surface area contributed by atoms with Crippen molar-refractivity contribution in [2.75, 3.05) is 25.4 Å². The second kappa shape index (κ2) is 8.66. The smallest absolute Gasteiger partial charge is 0.191 e. The number of hydrogen-bond donors (Lipinski definition) is 2. The van der Waals surface area contributed by atoms with Crippen molar-refractivity contribution in [3.8, 4) is 0 Å². The third-order valence-electron chi connectivity index (χ3n) is 4.97. The Morgan fingerprint density at radius 3 is 2.62 bits per heavy atom. The van der Waals surface area contributed by atoms with Crippen molar-refractivity contribution in [3.63, 3.8) is 0 Å². The Hall–Kier alpha value is 0.110. The predicted molar refractivity (Wildman–Crippen MR) is 113 cm³/mol. The summed E-state index contributed by atoms with van der Waals surface area (Å²) in [6.07, 6.45) is 1.50. The molecule has 7 heteroatoms. The minimum absolute atomic E-state index is 0. The van der Waals surface area contributed by atoms with Gasteiger partial charge in [-0.3, -0.25) is 9.20 Å². The fourth-order valence-electron chi connectivity index (χ4n) is 3.63. The molecule has 0 amide bonds. The van der Waals surface area contributed by atoms with Crippen LogP contribution in [-0.2, 0) is 15.5 Å². The number of ether oxygens (including phenoxy) is 1. The van der Waals surface area contributed by atoms with E-state index < -0.39 is 10.8 Å². The van der Waals surface area contributed by atoms with Crippen LogP contribution in [0.15, 0.2) is 4.99 Å². The van der Waals surface area contributed by atoms with E-state index in [0.29, 0.717) is 30.4 Å². The molecule has 1 aliphatic heterocycles. The molecular weight excluding hydrogens is 437 g/mol. The van der Waals surface area contributed by atoms with E-state index in [1.54, 1.807) is 0 Å². The number of hydrogen-bond acceptors (Lipinski definition) is 3. The number of rotatable bonds is 5. The van der Waals surface area contributed by atoms with Crippen molar-refractivity contribution < 1.29 is 8.95 Å². The average Bonchev–Trinajstić information content (AvgIpc) is 2.90. The quantitative estimate of drug-likeness (QED) is 0.368. The SMILES string of the molecule is CCNC(=NCCS(=O)C(C)(C)C)NC1C2CCOC2C1(C)C.I. The highest BCUT2D eigenvalue weighted by molar-refractivity contribution is 14.0. The molecule has 142 valence electrons. The molecule has 1 aliphatic carbocycles. The second-order valence-electron chi connectivity index (χ2n) is 8.11. The molecule has 2 N–H and O–H groups in total. The minimum atomic E-state index is -0.860. The average molecular weight is 471 g/mol. The van der Waals surface area contributed by atoms with Gasteiger partial charge in [-0.2, -0.15) is 0 Å². The van der Waals surface area contributed by atoms with Crippen LogP contribution in [0.4, 0.5) is 0 Å². The molecule has 0 aromatic carbocycles. The van der Waals surface area contributed by atoms with Gasteiger partial charge in [0, 0.05) is 51.8 Å². The van der Waals surface area contributed by atoms with Gasteiger partial charge < -0.3 is 15.4 Å². The van der Waals surface area contributed by atoms with Crippen LogP contribution in [0.3, 0.4) is 0 Å². The lowest BCUT2D eigenvalue weighted by Gasteiger charge is -2.54. The monoisotopic (exact) mass is 471 g/mol. The molecule has 24 heavy (non-hydrogen) atoms. The van der Waals surface area contributed by atoms with Crippen LogP contribution in [0.25, 0.3) is 0 Å². The first-order valence-electron chi connectivity index (χ1n) is 8.73. The first-order valence-corrected chi connectivity index (χ1v) is 10.0. The minimum Gasteiger partial charge on any atom is -0.377 e. The number of fused-ring (bicyclic) bond motifs is 1. The summed E-state index contributed by atoms with van der Waals surface area (Å²) in [4.78, 5) is 4.63. The molecule has 5 nitrogen and oxygen atoms in total. The summed E-state index contributed by atoms with van der Waals surface area (Å²) in [6, 6.07) is 0.390. The molecule has 0 radical (unpaired) electrons. The van der Waals surface area contributed by atoms with E-state index in [1.165, 1.54) is 0 Å². The summed E-state index contributed by atoms with van der Waals surface area (Å²) in [5, 5.41) is 6.90. The molecular formula is C17H34IN3O2S. The predicted octanol–water partition coefficient (Wildman–Crippen LogP) is 2.52. The Morgan fingerprint density at radius 1 is 1.38 bits per heavy atom. The van der Waals surface area contributed by atoms with Crippen LogP contribution >= 0.6 is 24.0 Å². The molecule has 4 unspecified atom stereocenters. The third kappa shape index (κ3) is 4.84. The third-order valence-corrected chi connectivity index (χ3v) is 6.89. The van der Waals surface area contributed by atoms with Crippen LogP contribution < -0.4 is 10.6 Å². The van der Waals surface area contributed by atoms with Gasteiger partial charge in [0.1, 0.15) is 0 Å².